The summed E-state index contributed by atoms with van der Waals surface area (Å²) in [5, 5.41) is 19.5. The van der Waals surface area contributed by atoms with Crippen LogP contribution in [0.3, 0.4) is 0 Å². The molecule has 0 bridgehead atoms. The summed E-state index contributed by atoms with van der Waals surface area (Å²) in [6.45, 7) is 12.5. The van der Waals surface area contributed by atoms with E-state index in [1.54, 1.807) is 5.57 Å². The van der Waals surface area contributed by atoms with Gasteiger partial charge in [-0.2, -0.15) is 0 Å². The van der Waals surface area contributed by atoms with Crippen LogP contribution in [-0.4, -0.2) is 17.2 Å². The molecule has 0 spiro atoms. The minimum atomic E-state index is -1.14. The molecule has 4 aliphatic rings. The molecule has 2 N–H and O–H groups in total. The highest BCUT2D eigenvalue weighted by Gasteiger charge is 2.59. The van der Waals surface area contributed by atoms with Gasteiger partial charge in [0.15, 0.2) is 0 Å². The summed E-state index contributed by atoms with van der Waals surface area (Å²) in [5.74, 6) is 5.28. The van der Waals surface area contributed by atoms with Gasteiger partial charge < -0.3 is 10.0 Å². The van der Waals surface area contributed by atoms with Gasteiger partial charge in [-0.05, 0) is 97.1 Å². The van der Waals surface area contributed by atoms with Crippen LogP contribution in [0.4, 0.5) is 0 Å². The van der Waals surface area contributed by atoms with E-state index in [0.29, 0.717) is 10.8 Å². The molecule has 0 aromatic heterocycles. The van der Waals surface area contributed by atoms with Crippen molar-refractivity contribution in [2.45, 2.75) is 111 Å². The summed E-state index contributed by atoms with van der Waals surface area (Å²) in [6.07, 6.45) is 16.8. The molecule has 4 rings (SSSR count). The molecule has 0 saturated heterocycles. The Morgan fingerprint density at radius 3 is 2.47 bits per heavy atom. The fourth-order valence-corrected chi connectivity index (χ4v) is 8.97. The molecule has 0 aromatic carbocycles. The molecule has 8 atom stereocenters. The lowest BCUT2D eigenvalue weighted by atomic mass is 9.45. The van der Waals surface area contributed by atoms with Crippen LogP contribution in [0.15, 0.2) is 11.6 Å². The summed E-state index contributed by atoms with van der Waals surface area (Å²) in [5.41, 5.74) is 2.43. The van der Waals surface area contributed by atoms with Crippen molar-refractivity contribution in [1.29, 1.82) is 0 Å². The van der Waals surface area contributed by atoms with Gasteiger partial charge in [-0.25, -0.2) is 0 Å². The Morgan fingerprint density at radius 2 is 1.77 bits per heavy atom. The molecular weight excluding hydrogens is 367 g/mol. The van der Waals surface area contributed by atoms with Crippen LogP contribution in [0.1, 0.15) is 105 Å². The van der Waals surface area contributed by atoms with Crippen molar-refractivity contribution in [3.05, 3.63) is 11.6 Å². The van der Waals surface area contributed by atoms with E-state index in [1.165, 1.54) is 51.4 Å². The lowest BCUT2D eigenvalue weighted by Crippen LogP contribution is -2.50. The lowest BCUT2D eigenvalue weighted by molar-refractivity contribution is -0.0503. The van der Waals surface area contributed by atoms with Crippen molar-refractivity contribution in [3.63, 3.8) is 0 Å². The lowest BCUT2D eigenvalue weighted by Gasteiger charge is -2.58. The van der Waals surface area contributed by atoms with Crippen LogP contribution in [0, 0.1) is 46.3 Å². The number of fused-ring (bicyclic) bond motifs is 5. The molecule has 4 aliphatic carbocycles. The van der Waals surface area contributed by atoms with Crippen molar-refractivity contribution < 1.29 is 10.0 Å². The van der Waals surface area contributed by atoms with Crippen molar-refractivity contribution in [1.82, 2.24) is 0 Å². The maximum atomic E-state index is 9.74. The first-order valence-corrected chi connectivity index (χ1v) is 13.2. The Balaban J connectivity index is 1.48. The Kier molecular flexibility index (Phi) is 6.55. The summed E-state index contributed by atoms with van der Waals surface area (Å²) in [4.78, 5) is 0. The SMILES string of the molecule is CC(C)CCC[C@@H](C)[C@@H]1CC[C@@H]2[C@H]3CC=C4C[C@@H](B(O)O)CC[C@]4(C)[C@@H]3CC[C@]21C. The van der Waals surface area contributed by atoms with E-state index in [-0.39, 0.29) is 5.82 Å². The summed E-state index contributed by atoms with van der Waals surface area (Å²) in [7, 11) is -1.14. The standard InChI is InChI=1S/C27H47BO2/c1-18(2)7-6-8-19(3)23-11-12-24-22-10-9-20-17-21(28(29)30)13-15-26(20,4)25(22)14-16-27(23,24)5/h9,18-19,21-25,29-30H,6-8,10-17H2,1-5H3/t19-,21+,22-,23+,24-,25-,26+,27+/m1/s1. The molecule has 0 unspecified atom stereocenters. The van der Waals surface area contributed by atoms with Crippen molar-refractivity contribution in [2.24, 2.45) is 46.3 Å². The molecular formula is C27H47BO2. The van der Waals surface area contributed by atoms with Crippen LogP contribution in [0.5, 0.6) is 0 Å². The number of allylic oxidation sites excluding steroid dienone is 2. The molecule has 0 radical (unpaired) electrons. The molecule has 3 fully saturated rings. The van der Waals surface area contributed by atoms with Gasteiger partial charge in [-0.15, -0.1) is 0 Å². The summed E-state index contributed by atoms with van der Waals surface area (Å²) >= 11 is 0. The van der Waals surface area contributed by atoms with E-state index in [9.17, 15) is 10.0 Å². The fraction of sp³-hybridized carbons (Fsp3) is 0.926. The molecule has 3 saturated carbocycles. The van der Waals surface area contributed by atoms with Gasteiger partial charge in [0.05, 0.1) is 0 Å². The van der Waals surface area contributed by atoms with Gasteiger partial charge >= 0.3 is 7.12 Å². The topological polar surface area (TPSA) is 40.5 Å². The van der Waals surface area contributed by atoms with E-state index in [1.807, 2.05) is 0 Å². The predicted molar refractivity (Wildman–Crippen MR) is 127 cm³/mol. The summed E-state index contributed by atoms with van der Waals surface area (Å²) < 4.78 is 0. The van der Waals surface area contributed by atoms with Crippen LogP contribution in [0.25, 0.3) is 0 Å². The first kappa shape index (κ1) is 22.9. The second-order valence-corrected chi connectivity index (χ2v) is 12.7. The number of rotatable bonds is 6. The third kappa shape index (κ3) is 3.85. The van der Waals surface area contributed by atoms with E-state index >= 15 is 0 Å². The van der Waals surface area contributed by atoms with Crippen LogP contribution in [0.2, 0.25) is 5.82 Å². The van der Waals surface area contributed by atoms with Gasteiger partial charge in [0.1, 0.15) is 0 Å². The monoisotopic (exact) mass is 414 g/mol. The predicted octanol–water partition coefficient (Wildman–Crippen LogP) is 6.87. The molecule has 0 aromatic rings. The Morgan fingerprint density at radius 1 is 1.00 bits per heavy atom. The first-order chi connectivity index (χ1) is 14.2. The van der Waals surface area contributed by atoms with Gasteiger partial charge in [-0.3, -0.25) is 0 Å². The van der Waals surface area contributed by atoms with E-state index < -0.39 is 7.12 Å². The van der Waals surface area contributed by atoms with E-state index in [2.05, 4.69) is 40.7 Å². The second-order valence-electron chi connectivity index (χ2n) is 12.7. The quantitative estimate of drug-likeness (QED) is 0.368. The highest BCUT2D eigenvalue weighted by atomic mass is 16.4. The molecule has 170 valence electrons. The van der Waals surface area contributed by atoms with Crippen molar-refractivity contribution in [2.75, 3.05) is 0 Å². The second kappa shape index (κ2) is 8.58. The third-order valence-corrected chi connectivity index (χ3v) is 10.8. The molecule has 0 aliphatic heterocycles. The molecule has 3 heteroatoms. The largest absolute Gasteiger partial charge is 0.455 e. The van der Waals surface area contributed by atoms with Crippen LogP contribution in [-0.2, 0) is 0 Å². The normalized spacial score (nSPS) is 44.1. The third-order valence-electron chi connectivity index (χ3n) is 10.8. The highest BCUT2D eigenvalue weighted by molar-refractivity contribution is 6.43. The fourth-order valence-electron chi connectivity index (χ4n) is 8.97. The Hall–Kier alpha value is -0.275. The molecule has 2 nitrogen and oxygen atoms in total. The maximum absolute atomic E-state index is 9.74. The van der Waals surface area contributed by atoms with Crippen molar-refractivity contribution in [3.8, 4) is 0 Å². The van der Waals surface area contributed by atoms with Gasteiger partial charge in [0, 0.05) is 0 Å². The average Bonchev–Trinajstić information content (AvgIpc) is 3.04. The minimum absolute atomic E-state index is 0.0530. The Bertz CT molecular complexity index is 643. The summed E-state index contributed by atoms with van der Waals surface area (Å²) in [6, 6.07) is 0. The molecule has 0 amide bonds. The van der Waals surface area contributed by atoms with E-state index in [0.717, 1.165) is 54.8 Å². The van der Waals surface area contributed by atoms with Gasteiger partial charge in [0.2, 0.25) is 0 Å². The zero-order chi connectivity index (χ0) is 21.7. The zero-order valence-corrected chi connectivity index (χ0v) is 20.4. The van der Waals surface area contributed by atoms with Crippen LogP contribution >= 0.6 is 0 Å². The number of hydrogen-bond acceptors (Lipinski definition) is 2. The van der Waals surface area contributed by atoms with Gasteiger partial charge in [0.25, 0.3) is 0 Å². The van der Waals surface area contributed by atoms with Crippen molar-refractivity contribution >= 4 is 7.12 Å². The zero-order valence-electron chi connectivity index (χ0n) is 20.4. The average molecular weight is 414 g/mol. The van der Waals surface area contributed by atoms with Crippen LogP contribution < -0.4 is 0 Å². The highest BCUT2D eigenvalue weighted by Crippen LogP contribution is 2.67. The molecule has 0 heterocycles. The van der Waals surface area contributed by atoms with Gasteiger partial charge in [-0.1, -0.05) is 72.0 Å². The Labute approximate surface area is 186 Å². The smallest absolute Gasteiger partial charge is 0.427 e. The van der Waals surface area contributed by atoms with E-state index in [4.69, 9.17) is 0 Å². The molecule has 30 heavy (non-hydrogen) atoms. The first-order valence-electron chi connectivity index (χ1n) is 13.2. The minimum Gasteiger partial charge on any atom is -0.427 e. The number of hydrogen-bond donors (Lipinski definition) is 2. The maximum Gasteiger partial charge on any atom is 0.455 e.